The molecule has 0 unspecified atom stereocenters. The standard InChI is InChI=1S/C14H24O/c1-4-8-14(9-5-2)10-7-13(15)12(6-3)11-14/h6H,4-5,7-11H2,1-3H3. The fourth-order valence-electron chi connectivity index (χ4n) is 3.01. The molecule has 0 bridgehead atoms. The minimum absolute atomic E-state index is 0.389. The van der Waals surface area contributed by atoms with Gasteiger partial charge >= 0.3 is 0 Å². The molecule has 1 aliphatic carbocycles. The van der Waals surface area contributed by atoms with E-state index in [0.29, 0.717) is 11.2 Å². The molecule has 1 fully saturated rings. The van der Waals surface area contributed by atoms with Crippen LogP contribution in [0.5, 0.6) is 0 Å². The van der Waals surface area contributed by atoms with E-state index in [-0.39, 0.29) is 0 Å². The zero-order valence-electron chi connectivity index (χ0n) is 10.4. The Morgan fingerprint density at radius 3 is 2.33 bits per heavy atom. The zero-order chi connectivity index (χ0) is 11.3. The van der Waals surface area contributed by atoms with Gasteiger partial charge in [-0.15, -0.1) is 0 Å². The second kappa shape index (κ2) is 5.48. The Balaban J connectivity index is 2.77. The summed E-state index contributed by atoms with van der Waals surface area (Å²) in [6.45, 7) is 6.51. The summed E-state index contributed by atoms with van der Waals surface area (Å²) in [6, 6.07) is 0. The summed E-state index contributed by atoms with van der Waals surface area (Å²) >= 11 is 0. The normalized spacial score (nSPS) is 23.4. The smallest absolute Gasteiger partial charge is 0.158 e. The van der Waals surface area contributed by atoms with Crippen molar-refractivity contribution in [2.45, 2.75) is 65.7 Å². The van der Waals surface area contributed by atoms with Gasteiger partial charge in [-0.25, -0.2) is 0 Å². The predicted molar refractivity (Wildman–Crippen MR) is 64.9 cm³/mol. The Morgan fingerprint density at radius 1 is 1.27 bits per heavy atom. The van der Waals surface area contributed by atoms with Crippen molar-refractivity contribution in [3.05, 3.63) is 11.6 Å². The molecule has 1 aliphatic rings. The number of hydrogen-bond acceptors (Lipinski definition) is 1. The first-order chi connectivity index (χ1) is 7.17. The fourth-order valence-corrected chi connectivity index (χ4v) is 3.01. The number of Topliss-reactive ketones (excluding diaryl/α,β-unsaturated/α-hetero) is 1. The van der Waals surface area contributed by atoms with Crippen LogP contribution in [0, 0.1) is 5.41 Å². The second-order valence-electron chi connectivity index (χ2n) is 4.91. The number of rotatable bonds is 4. The lowest BCUT2D eigenvalue weighted by Gasteiger charge is -2.38. The Bertz CT molecular complexity index is 244. The first kappa shape index (κ1) is 12.5. The molecule has 0 atom stereocenters. The third-order valence-electron chi connectivity index (χ3n) is 3.72. The van der Waals surface area contributed by atoms with E-state index in [1.54, 1.807) is 0 Å². The molecule has 0 heterocycles. The topological polar surface area (TPSA) is 17.1 Å². The zero-order valence-corrected chi connectivity index (χ0v) is 10.4. The number of allylic oxidation sites excluding steroid dienone is 2. The Kier molecular flexibility index (Phi) is 4.56. The highest BCUT2D eigenvalue weighted by molar-refractivity contribution is 5.96. The van der Waals surface area contributed by atoms with Gasteiger partial charge in [0.05, 0.1) is 0 Å². The minimum atomic E-state index is 0.389. The van der Waals surface area contributed by atoms with Gasteiger partial charge in [0.15, 0.2) is 5.78 Å². The van der Waals surface area contributed by atoms with E-state index >= 15 is 0 Å². The van der Waals surface area contributed by atoms with Crippen molar-refractivity contribution in [1.82, 2.24) is 0 Å². The molecule has 0 aliphatic heterocycles. The molecule has 0 saturated heterocycles. The van der Waals surface area contributed by atoms with E-state index in [2.05, 4.69) is 13.8 Å². The van der Waals surface area contributed by atoms with Gasteiger partial charge in [-0.1, -0.05) is 32.8 Å². The van der Waals surface area contributed by atoms with E-state index < -0.39 is 0 Å². The van der Waals surface area contributed by atoms with E-state index in [1.165, 1.54) is 25.7 Å². The Morgan fingerprint density at radius 2 is 1.87 bits per heavy atom. The van der Waals surface area contributed by atoms with Crippen LogP contribution < -0.4 is 0 Å². The van der Waals surface area contributed by atoms with Crippen LogP contribution in [0.4, 0.5) is 0 Å². The summed E-state index contributed by atoms with van der Waals surface area (Å²) in [7, 11) is 0. The molecule has 0 radical (unpaired) electrons. The van der Waals surface area contributed by atoms with E-state index in [4.69, 9.17) is 0 Å². The van der Waals surface area contributed by atoms with Gasteiger partial charge in [-0.3, -0.25) is 4.79 Å². The van der Waals surface area contributed by atoms with Gasteiger partial charge in [-0.05, 0) is 43.6 Å². The highest BCUT2D eigenvalue weighted by atomic mass is 16.1. The highest BCUT2D eigenvalue weighted by Gasteiger charge is 2.35. The molecule has 1 heteroatoms. The van der Waals surface area contributed by atoms with Crippen molar-refractivity contribution < 1.29 is 4.79 Å². The lowest BCUT2D eigenvalue weighted by molar-refractivity contribution is -0.118. The maximum atomic E-state index is 11.7. The van der Waals surface area contributed by atoms with Gasteiger partial charge in [-0.2, -0.15) is 0 Å². The second-order valence-corrected chi connectivity index (χ2v) is 4.91. The SMILES string of the molecule is CC=C1CC(CCC)(CCC)CCC1=O. The van der Waals surface area contributed by atoms with E-state index in [9.17, 15) is 4.79 Å². The van der Waals surface area contributed by atoms with Gasteiger partial charge in [0, 0.05) is 6.42 Å². The maximum absolute atomic E-state index is 11.7. The third-order valence-corrected chi connectivity index (χ3v) is 3.72. The molecule has 1 rings (SSSR count). The molecule has 0 spiro atoms. The van der Waals surface area contributed by atoms with Crippen molar-refractivity contribution in [3.63, 3.8) is 0 Å². The van der Waals surface area contributed by atoms with Crippen molar-refractivity contribution in [2.75, 3.05) is 0 Å². The van der Waals surface area contributed by atoms with Crippen molar-refractivity contribution in [1.29, 1.82) is 0 Å². The summed E-state index contributed by atoms with van der Waals surface area (Å²) in [5.41, 5.74) is 1.53. The Hall–Kier alpha value is -0.590. The quantitative estimate of drug-likeness (QED) is 0.630. The molecule has 1 saturated carbocycles. The fraction of sp³-hybridized carbons (Fsp3) is 0.786. The van der Waals surface area contributed by atoms with Crippen LogP contribution in [0.3, 0.4) is 0 Å². The Labute approximate surface area is 93.9 Å². The lowest BCUT2D eigenvalue weighted by Crippen LogP contribution is -2.29. The van der Waals surface area contributed by atoms with Crippen LogP contribution in [-0.2, 0) is 4.79 Å². The van der Waals surface area contributed by atoms with E-state index in [0.717, 1.165) is 24.8 Å². The molecule has 0 aromatic rings. The average molecular weight is 208 g/mol. The highest BCUT2D eigenvalue weighted by Crippen LogP contribution is 2.44. The minimum Gasteiger partial charge on any atom is -0.295 e. The number of carbonyl (C=O) groups excluding carboxylic acids is 1. The molecule has 0 aromatic heterocycles. The third kappa shape index (κ3) is 2.93. The summed E-state index contributed by atoms with van der Waals surface area (Å²) in [6.07, 6.45) is 10.0. The number of ketones is 1. The van der Waals surface area contributed by atoms with Crippen LogP contribution in [0.2, 0.25) is 0 Å². The van der Waals surface area contributed by atoms with Crippen molar-refractivity contribution in [3.8, 4) is 0 Å². The predicted octanol–water partition coefficient (Wildman–Crippen LogP) is 4.27. The molecule has 1 nitrogen and oxygen atoms in total. The summed E-state index contributed by atoms with van der Waals surface area (Å²) in [5.74, 6) is 0.389. The monoisotopic (exact) mass is 208 g/mol. The summed E-state index contributed by atoms with van der Waals surface area (Å²) in [4.78, 5) is 11.7. The average Bonchev–Trinajstić information content (AvgIpc) is 2.23. The molecule has 0 N–H and O–H groups in total. The first-order valence-corrected chi connectivity index (χ1v) is 6.36. The molecular formula is C14H24O. The molecule has 86 valence electrons. The maximum Gasteiger partial charge on any atom is 0.158 e. The van der Waals surface area contributed by atoms with Gasteiger partial charge < -0.3 is 0 Å². The van der Waals surface area contributed by atoms with Crippen molar-refractivity contribution in [2.24, 2.45) is 5.41 Å². The van der Waals surface area contributed by atoms with E-state index in [1.807, 2.05) is 13.0 Å². The van der Waals surface area contributed by atoms with Gasteiger partial charge in [0.1, 0.15) is 0 Å². The molecule has 0 aromatic carbocycles. The molecule has 0 amide bonds. The van der Waals surface area contributed by atoms with Crippen molar-refractivity contribution >= 4 is 5.78 Å². The first-order valence-electron chi connectivity index (χ1n) is 6.36. The van der Waals surface area contributed by atoms with Gasteiger partial charge in [0.2, 0.25) is 0 Å². The molecule has 15 heavy (non-hydrogen) atoms. The van der Waals surface area contributed by atoms with Gasteiger partial charge in [0.25, 0.3) is 0 Å². The van der Waals surface area contributed by atoms with Crippen LogP contribution in [0.25, 0.3) is 0 Å². The van der Waals surface area contributed by atoms with Crippen LogP contribution >= 0.6 is 0 Å². The van der Waals surface area contributed by atoms with Crippen LogP contribution in [0.15, 0.2) is 11.6 Å². The lowest BCUT2D eigenvalue weighted by atomic mass is 9.66. The molecular weight excluding hydrogens is 184 g/mol. The number of carbonyl (C=O) groups is 1. The summed E-state index contributed by atoms with van der Waals surface area (Å²) < 4.78 is 0. The summed E-state index contributed by atoms with van der Waals surface area (Å²) in [5, 5.41) is 0. The number of hydrogen-bond donors (Lipinski definition) is 0. The van der Waals surface area contributed by atoms with Crippen LogP contribution in [-0.4, -0.2) is 5.78 Å². The van der Waals surface area contributed by atoms with Crippen LogP contribution in [0.1, 0.15) is 65.7 Å². The largest absolute Gasteiger partial charge is 0.295 e.